The molecule has 0 radical (unpaired) electrons. The summed E-state index contributed by atoms with van der Waals surface area (Å²) in [5.41, 5.74) is 1.99. The molecular formula is C14H16FNO2. The number of aryl methyl sites for hydroxylation is 1. The van der Waals surface area contributed by atoms with E-state index in [4.69, 9.17) is 4.74 Å². The van der Waals surface area contributed by atoms with E-state index in [2.05, 4.69) is 11.9 Å². The standard InChI is InChI=1S/C14H16FNO2/c1-3-4-5-11-13(14(17)18-2)10-7-6-9(15)8-12(10)16-11/h6-8,16H,3-5H2,1-2H3. The van der Waals surface area contributed by atoms with E-state index in [1.165, 1.54) is 19.2 Å². The second-order valence-electron chi connectivity index (χ2n) is 4.26. The third-order valence-corrected chi connectivity index (χ3v) is 3.01. The molecule has 0 saturated heterocycles. The number of methoxy groups -OCH3 is 1. The van der Waals surface area contributed by atoms with Crippen LogP contribution < -0.4 is 0 Å². The molecule has 0 fully saturated rings. The monoisotopic (exact) mass is 249 g/mol. The van der Waals surface area contributed by atoms with Gasteiger partial charge in [0, 0.05) is 16.6 Å². The van der Waals surface area contributed by atoms with Gasteiger partial charge in [0.15, 0.2) is 0 Å². The van der Waals surface area contributed by atoms with Gasteiger partial charge in [-0.15, -0.1) is 0 Å². The van der Waals surface area contributed by atoms with Crippen LogP contribution in [0.25, 0.3) is 10.9 Å². The van der Waals surface area contributed by atoms with Crippen LogP contribution in [0.1, 0.15) is 35.8 Å². The fourth-order valence-electron chi connectivity index (χ4n) is 2.10. The Bertz CT molecular complexity index is 574. The molecule has 0 atom stereocenters. The SMILES string of the molecule is CCCCc1[nH]c2cc(F)ccc2c1C(=O)OC. The predicted molar refractivity (Wildman–Crippen MR) is 68.2 cm³/mol. The molecule has 0 saturated carbocycles. The maximum atomic E-state index is 13.2. The summed E-state index contributed by atoms with van der Waals surface area (Å²) in [7, 11) is 1.36. The molecule has 1 aromatic carbocycles. The molecule has 4 heteroatoms. The number of hydrogen-bond acceptors (Lipinski definition) is 2. The zero-order chi connectivity index (χ0) is 13.1. The summed E-state index contributed by atoms with van der Waals surface area (Å²) in [5, 5.41) is 0.717. The van der Waals surface area contributed by atoms with Gasteiger partial charge >= 0.3 is 5.97 Å². The molecule has 0 aliphatic carbocycles. The van der Waals surface area contributed by atoms with Gasteiger partial charge in [0.2, 0.25) is 0 Å². The maximum Gasteiger partial charge on any atom is 0.340 e. The Kier molecular flexibility index (Phi) is 3.65. The molecule has 0 aliphatic rings. The van der Waals surface area contributed by atoms with Crippen molar-refractivity contribution in [3.63, 3.8) is 0 Å². The van der Waals surface area contributed by atoms with E-state index in [-0.39, 0.29) is 11.8 Å². The first-order valence-corrected chi connectivity index (χ1v) is 6.05. The summed E-state index contributed by atoms with van der Waals surface area (Å²) >= 11 is 0. The smallest absolute Gasteiger partial charge is 0.340 e. The summed E-state index contributed by atoms with van der Waals surface area (Å²) in [4.78, 5) is 14.9. The molecule has 0 bridgehead atoms. The minimum Gasteiger partial charge on any atom is -0.465 e. The lowest BCUT2D eigenvalue weighted by Gasteiger charge is -2.02. The van der Waals surface area contributed by atoms with Crippen molar-refractivity contribution in [1.82, 2.24) is 4.98 Å². The van der Waals surface area contributed by atoms with E-state index in [1.807, 2.05) is 0 Å². The molecule has 0 aliphatic heterocycles. The number of nitrogens with one attached hydrogen (secondary N) is 1. The number of aromatic amines is 1. The Hall–Kier alpha value is -1.84. The minimum atomic E-state index is -0.376. The van der Waals surface area contributed by atoms with Crippen LogP contribution in [0, 0.1) is 5.82 Å². The molecule has 2 rings (SSSR count). The summed E-state index contributed by atoms with van der Waals surface area (Å²) in [6.07, 6.45) is 2.76. The molecule has 1 aromatic heterocycles. The average molecular weight is 249 g/mol. The normalized spacial score (nSPS) is 10.8. The Morgan fingerprint density at radius 2 is 2.22 bits per heavy atom. The zero-order valence-corrected chi connectivity index (χ0v) is 10.5. The van der Waals surface area contributed by atoms with E-state index in [1.54, 1.807) is 6.07 Å². The highest BCUT2D eigenvalue weighted by Gasteiger charge is 2.18. The maximum absolute atomic E-state index is 13.2. The highest BCUT2D eigenvalue weighted by molar-refractivity contribution is 6.05. The second-order valence-corrected chi connectivity index (χ2v) is 4.26. The largest absolute Gasteiger partial charge is 0.465 e. The number of ether oxygens (including phenoxy) is 1. The van der Waals surface area contributed by atoms with Gasteiger partial charge < -0.3 is 9.72 Å². The third-order valence-electron chi connectivity index (χ3n) is 3.01. The van der Waals surface area contributed by atoms with Crippen molar-refractivity contribution in [3.05, 3.63) is 35.3 Å². The van der Waals surface area contributed by atoms with Crippen LogP contribution in [0.3, 0.4) is 0 Å². The van der Waals surface area contributed by atoms with Crippen molar-refractivity contribution in [1.29, 1.82) is 0 Å². The first kappa shape index (κ1) is 12.6. The topological polar surface area (TPSA) is 42.1 Å². The van der Waals surface area contributed by atoms with Crippen LogP contribution in [-0.4, -0.2) is 18.1 Å². The molecule has 0 amide bonds. The molecule has 18 heavy (non-hydrogen) atoms. The molecule has 96 valence electrons. The van der Waals surface area contributed by atoms with E-state index in [0.29, 0.717) is 16.5 Å². The van der Waals surface area contributed by atoms with E-state index in [0.717, 1.165) is 25.0 Å². The number of fused-ring (bicyclic) bond motifs is 1. The predicted octanol–water partition coefficient (Wildman–Crippen LogP) is 3.44. The lowest BCUT2D eigenvalue weighted by Crippen LogP contribution is -2.04. The van der Waals surface area contributed by atoms with Crippen molar-refractivity contribution >= 4 is 16.9 Å². The van der Waals surface area contributed by atoms with E-state index in [9.17, 15) is 9.18 Å². The number of esters is 1. The van der Waals surface area contributed by atoms with Crippen molar-refractivity contribution in [2.24, 2.45) is 0 Å². The number of unbranched alkanes of at least 4 members (excludes halogenated alkanes) is 1. The molecule has 2 aromatic rings. The molecule has 1 heterocycles. The van der Waals surface area contributed by atoms with E-state index >= 15 is 0 Å². The fraction of sp³-hybridized carbons (Fsp3) is 0.357. The fourth-order valence-corrected chi connectivity index (χ4v) is 2.10. The molecule has 1 N–H and O–H groups in total. The number of rotatable bonds is 4. The second kappa shape index (κ2) is 5.21. The van der Waals surface area contributed by atoms with Gasteiger partial charge in [-0.05, 0) is 31.0 Å². The van der Waals surface area contributed by atoms with Crippen LogP contribution in [-0.2, 0) is 11.2 Å². The summed E-state index contributed by atoms with van der Waals surface area (Å²) < 4.78 is 18.0. The Labute approximate surface area is 105 Å². The number of halogens is 1. The lowest BCUT2D eigenvalue weighted by molar-refractivity contribution is 0.0601. The van der Waals surface area contributed by atoms with Crippen LogP contribution in [0.15, 0.2) is 18.2 Å². The van der Waals surface area contributed by atoms with Gasteiger partial charge in [0.05, 0.1) is 12.7 Å². The number of carbonyl (C=O) groups is 1. The highest BCUT2D eigenvalue weighted by Crippen LogP contribution is 2.25. The first-order valence-electron chi connectivity index (χ1n) is 6.05. The minimum absolute atomic E-state index is 0.317. The molecule has 0 spiro atoms. The average Bonchev–Trinajstić information content (AvgIpc) is 2.72. The van der Waals surface area contributed by atoms with Gasteiger partial charge in [0.25, 0.3) is 0 Å². The van der Waals surface area contributed by atoms with Gasteiger partial charge in [-0.3, -0.25) is 0 Å². The molecule has 3 nitrogen and oxygen atoms in total. The zero-order valence-electron chi connectivity index (χ0n) is 10.5. The van der Waals surface area contributed by atoms with Crippen molar-refractivity contribution in [2.75, 3.05) is 7.11 Å². The van der Waals surface area contributed by atoms with Crippen molar-refractivity contribution in [2.45, 2.75) is 26.2 Å². The number of hydrogen-bond donors (Lipinski definition) is 1. The number of carbonyl (C=O) groups excluding carboxylic acids is 1. The van der Waals surface area contributed by atoms with E-state index < -0.39 is 0 Å². The van der Waals surface area contributed by atoms with Crippen LogP contribution in [0.5, 0.6) is 0 Å². The number of benzene rings is 1. The third kappa shape index (κ3) is 2.23. The quantitative estimate of drug-likeness (QED) is 0.843. The van der Waals surface area contributed by atoms with Crippen LogP contribution >= 0.6 is 0 Å². The van der Waals surface area contributed by atoms with Gasteiger partial charge in [-0.25, -0.2) is 9.18 Å². The van der Waals surface area contributed by atoms with Crippen molar-refractivity contribution < 1.29 is 13.9 Å². The number of H-pyrrole nitrogens is 1. The Balaban J connectivity index is 2.56. The summed E-state index contributed by atoms with van der Waals surface area (Å²) in [6.45, 7) is 2.08. The highest BCUT2D eigenvalue weighted by atomic mass is 19.1. The van der Waals surface area contributed by atoms with Crippen LogP contribution in [0.4, 0.5) is 4.39 Å². The first-order chi connectivity index (χ1) is 8.67. The molecule has 0 unspecified atom stereocenters. The van der Waals surface area contributed by atoms with Gasteiger partial charge in [0.1, 0.15) is 5.82 Å². The summed E-state index contributed by atoms with van der Waals surface area (Å²) in [6, 6.07) is 4.37. The number of aromatic nitrogens is 1. The summed E-state index contributed by atoms with van der Waals surface area (Å²) in [5.74, 6) is -0.693. The van der Waals surface area contributed by atoms with Gasteiger partial charge in [-0.1, -0.05) is 13.3 Å². The van der Waals surface area contributed by atoms with Gasteiger partial charge in [-0.2, -0.15) is 0 Å². The van der Waals surface area contributed by atoms with Crippen molar-refractivity contribution in [3.8, 4) is 0 Å². The van der Waals surface area contributed by atoms with Crippen LogP contribution in [0.2, 0.25) is 0 Å². The molecular weight excluding hydrogens is 233 g/mol. The Morgan fingerprint density at radius 3 is 2.89 bits per heavy atom. The lowest BCUT2D eigenvalue weighted by atomic mass is 10.1. The Morgan fingerprint density at radius 1 is 1.44 bits per heavy atom.